The lowest BCUT2D eigenvalue weighted by Gasteiger charge is -2.39. The molecule has 7 heteroatoms. The molecule has 2 fully saturated rings. The number of nitrogens with zero attached hydrogens (tertiary/aromatic N) is 3. The van der Waals surface area contributed by atoms with E-state index in [4.69, 9.17) is 5.11 Å². The number of carbonyl (C=O) groups excluding carboxylic acids is 2. The molecule has 3 heterocycles. The molecule has 0 radical (unpaired) electrons. The van der Waals surface area contributed by atoms with Crippen LogP contribution in [0.2, 0.25) is 0 Å². The molecule has 2 amide bonds. The predicted octanol–water partition coefficient (Wildman–Crippen LogP) is 0.176. The summed E-state index contributed by atoms with van der Waals surface area (Å²) in [6, 6.07) is 0. The first-order chi connectivity index (χ1) is 11.1. The van der Waals surface area contributed by atoms with E-state index in [2.05, 4.69) is 10.2 Å². The molecule has 0 bridgehead atoms. The number of nitrogens with one attached hydrogen (secondary N) is 1. The number of β-amino-alcohol motifs (C(OH)–C–C–N with tert-alkyl or cyclic N) is 1. The standard InChI is InChI=1S/C16H24N4O3/c21-9-8-19-6-1-4-16(15(19)23)5-7-20(12-16)14(22)3-2-13-10-17-18-11-13/h10-11,21H,1-9,12H2,(H,17,18)/t16-/m0/s1. The highest BCUT2D eigenvalue weighted by atomic mass is 16.3. The van der Waals surface area contributed by atoms with Crippen molar-refractivity contribution in [2.24, 2.45) is 5.41 Å². The maximum atomic E-state index is 12.7. The van der Waals surface area contributed by atoms with Crippen molar-refractivity contribution in [3.63, 3.8) is 0 Å². The van der Waals surface area contributed by atoms with Crippen LogP contribution in [0.15, 0.2) is 12.4 Å². The van der Waals surface area contributed by atoms with Gasteiger partial charge in [0, 0.05) is 38.8 Å². The van der Waals surface area contributed by atoms with Gasteiger partial charge in [-0.25, -0.2) is 0 Å². The fourth-order valence-electron chi connectivity index (χ4n) is 3.77. The topological polar surface area (TPSA) is 89.5 Å². The first-order valence-corrected chi connectivity index (χ1v) is 8.30. The highest BCUT2D eigenvalue weighted by molar-refractivity contribution is 5.86. The summed E-state index contributed by atoms with van der Waals surface area (Å²) in [4.78, 5) is 28.7. The second kappa shape index (κ2) is 6.70. The monoisotopic (exact) mass is 320 g/mol. The second-order valence-corrected chi connectivity index (χ2v) is 6.57. The molecule has 3 rings (SSSR count). The number of amides is 2. The van der Waals surface area contributed by atoms with E-state index in [9.17, 15) is 9.59 Å². The average Bonchev–Trinajstić information content (AvgIpc) is 3.21. The van der Waals surface area contributed by atoms with Crippen molar-refractivity contribution in [1.29, 1.82) is 0 Å². The van der Waals surface area contributed by atoms with Crippen LogP contribution in [-0.4, -0.2) is 69.7 Å². The normalized spacial score (nSPS) is 24.7. The Bertz CT molecular complexity index is 558. The molecule has 126 valence electrons. The van der Waals surface area contributed by atoms with E-state index >= 15 is 0 Å². The minimum absolute atomic E-state index is 0.00480. The van der Waals surface area contributed by atoms with Crippen LogP contribution in [0, 0.1) is 5.41 Å². The highest BCUT2D eigenvalue weighted by Gasteiger charge is 2.49. The summed E-state index contributed by atoms with van der Waals surface area (Å²) < 4.78 is 0. The van der Waals surface area contributed by atoms with Crippen molar-refractivity contribution in [2.45, 2.75) is 32.1 Å². The van der Waals surface area contributed by atoms with Crippen molar-refractivity contribution in [3.05, 3.63) is 18.0 Å². The lowest BCUT2D eigenvalue weighted by Crippen LogP contribution is -2.51. The largest absolute Gasteiger partial charge is 0.395 e. The van der Waals surface area contributed by atoms with Crippen LogP contribution < -0.4 is 0 Å². The van der Waals surface area contributed by atoms with Gasteiger partial charge >= 0.3 is 0 Å². The third-order valence-corrected chi connectivity index (χ3v) is 5.08. The van der Waals surface area contributed by atoms with Gasteiger partial charge in [-0.1, -0.05) is 0 Å². The van der Waals surface area contributed by atoms with Gasteiger partial charge in [-0.15, -0.1) is 0 Å². The molecule has 1 aromatic rings. The van der Waals surface area contributed by atoms with Gasteiger partial charge < -0.3 is 14.9 Å². The second-order valence-electron chi connectivity index (χ2n) is 6.57. The Kier molecular flexibility index (Phi) is 4.66. The summed E-state index contributed by atoms with van der Waals surface area (Å²) in [5, 5.41) is 15.7. The first kappa shape index (κ1) is 16.0. The zero-order valence-corrected chi connectivity index (χ0v) is 13.3. The SMILES string of the molecule is O=C(CCc1cn[nH]c1)N1CC[C@@]2(CCCN(CCO)C2=O)C1. The Labute approximate surface area is 135 Å². The van der Waals surface area contributed by atoms with Gasteiger partial charge in [0.1, 0.15) is 0 Å². The molecule has 1 atom stereocenters. The van der Waals surface area contributed by atoms with E-state index in [0.717, 1.165) is 31.4 Å². The van der Waals surface area contributed by atoms with Crippen LogP contribution in [0.3, 0.4) is 0 Å². The minimum atomic E-state index is -0.418. The Hall–Kier alpha value is -1.89. The van der Waals surface area contributed by atoms with Gasteiger partial charge in [0.15, 0.2) is 0 Å². The number of aryl methyl sites for hydroxylation is 1. The highest BCUT2D eigenvalue weighted by Crippen LogP contribution is 2.40. The quantitative estimate of drug-likeness (QED) is 0.810. The number of aliphatic hydroxyl groups is 1. The molecule has 0 aromatic carbocycles. The van der Waals surface area contributed by atoms with Gasteiger partial charge in [-0.05, 0) is 31.2 Å². The number of H-pyrrole nitrogens is 1. The van der Waals surface area contributed by atoms with Crippen molar-refractivity contribution in [1.82, 2.24) is 20.0 Å². The molecule has 0 saturated carbocycles. The summed E-state index contributed by atoms with van der Waals surface area (Å²) in [6.07, 6.45) is 7.19. The van der Waals surface area contributed by atoms with E-state index in [-0.39, 0.29) is 18.4 Å². The van der Waals surface area contributed by atoms with E-state index in [1.165, 1.54) is 0 Å². The molecule has 2 aliphatic rings. The number of hydrogen-bond donors (Lipinski definition) is 2. The van der Waals surface area contributed by atoms with Gasteiger partial charge in [0.05, 0.1) is 18.2 Å². The summed E-state index contributed by atoms with van der Waals surface area (Å²) >= 11 is 0. The molecule has 0 aliphatic carbocycles. The Balaban J connectivity index is 1.58. The predicted molar refractivity (Wildman–Crippen MR) is 83.4 cm³/mol. The van der Waals surface area contributed by atoms with Crippen molar-refractivity contribution < 1.29 is 14.7 Å². The summed E-state index contributed by atoms with van der Waals surface area (Å²) in [6.45, 7) is 2.29. The number of aromatic amines is 1. The Morgan fingerprint density at radius 2 is 2.26 bits per heavy atom. The molecule has 2 N–H and O–H groups in total. The zero-order valence-electron chi connectivity index (χ0n) is 13.3. The van der Waals surface area contributed by atoms with Crippen molar-refractivity contribution in [3.8, 4) is 0 Å². The molecular weight excluding hydrogens is 296 g/mol. The molecular formula is C16H24N4O3. The maximum absolute atomic E-state index is 12.7. The number of piperidine rings is 1. The molecule has 2 saturated heterocycles. The lowest BCUT2D eigenvalue weighted by atomic mass is 9.78. The van der Waals surface area contributed by atoms with Crippen LogP contribution in [0.1, 0.15) is 31.2 Å². The molecule has 7 nitrogen and oxygen atoms in total. The van der Waals surface area contributed by atoms with E-state index in [1.54, 1.807) is 17.3 Å². The van der Waals surface area contributed by atoms with Gasteiger partial charge in [0.25, 0.3) is 0 Å². The Morgan fingerprint density at radius 1 is 1.39 bits per heavy atom. The summed E-state index contributed by atoms with van der Waals surface area (Å²) in [5.74, 6) is 0.220. The third kappa shape index (κ3) is 3.24. The number of aliphatic hydroxyl groups excluding tert-OH is 1. The number of rotatable bonds is 5. The van der Waals surface area contributed by atoms with E-state index < -0.39 is 5.41 Å². The number of hydrogen-bond acceptors (Lipinski definition) is 4. The number of carbonyl (C=O) groups is 2. The van der Waals surface area contributed by atoms with Gasteiger partial charge in [-0.2, -0.15) is 5.10 Å². The van der Waals surface area contributed by atoms with Gasteiger partial charge in [-0.3, -0.25) is 14.7 Å². The van der Waals surface area contributed by atoms with Crippen LogP contribution in [0.4, 0.5) is 0 Å². The summed E-state index contributed by atoms with van der Waals surface area (Å²) in [5.41, 5.74) is 0.605. The third-order valence-electron chi connectivity index (χ3n) is 5.08. The van der Waals surface area contributed by atoms with Crippen LogP contribution in [0.5, 0.6) is 0 Å². The van der Waals surface area contributed by atoms with Crippen molar-refractivity contribution >= 4 is 11.8 Å². The maximum Gasteiger partial charge on any atom is 0.230 e. The minimum Gasteiger partial charge on any atom is -0.395 e. The zero-order chi connectivity index (χ0) is 16.3. The van der Waals surface area contributed by atoms with Crippen LogP contribution in [0.25, 0.3) is 0 Å². The molecule has 1 spiro atoms. The Morgan fingerprint density at radius 3 is 3.00 bits per heavy atom. The first-order valence-electron chi connectivity index (χ1n) is 8.30. The number of likely N-dealkylation sites (tertiary alicyclic amines) is 2. The number of aromatic nitrogens is 2. The van der Waals surface area contributed by atoms with E-state index in [1.807, 2.05) is 4.90 Å². The van der Waals surface area contributed by atoms with Crippen LogP contribution >= 0.6 is 0 Å². The molecule has 0 unspecified atom stereocenters. The fourth-order valence-corrected chi connectivity index (χ4v) is 3.77. The van der Waals surface area contributed by atoms with Gasteiger partial charge in [0.2, 0.25) is 11.8 Å². The smallest absolute Gasteiger partial charge is 0.230 e. The lowest BCUT2D eigenvalue weighted by molar-refractivity contribution is -0.146. The van der Waals surface area contributed by atoms with Crippen LogP contribution in [-0.2, 0) is 16.0 Å². The molecule has 2 aliphatic heterocycles. The van der Waals surface area contributed by atoms with E-state index in [0.29, 0.717) is 32.5 Å². The molecule has 1 aromatic heterocycles. The molecule has 23 heavy (non-hydrogen) atoms. The van der Waals surface area contributed by atoms with Crippen molar-refractivity contribution in [2.75, 3.05) is 32.8 Å². The summed E-state index contributed by atoms with van der Waals surface area (Å²) in [7, 11) is 0. The average molecular weight is 320 g/mol. The fraction of sp³-hybridized carbons (Fsp3) is 0.688.